The van der Waals surface area contributed by atoms with Crippen LogP contribution in [0.15, 0.2) is 0 Å². The third-order valence-electron chi connectivity index (χ3n) is 4.10. The molecule has 0 amide bonds. The lowest BCUT2D eigenvalue weighted by molar-refractivity contribution is 0.0454. The van der Waals surface area contributed by atoms with Gasteiger partial charge in [-0.1, -0.05) is 19.1 Å². The Morgan fingerprint density at radius 2 is 2.25 bits per heavy atom. The molecular weight excluding hydrogens is 218 g/mol. The zero-order chi connectivity index (χ0) is 11.7. The fourth-order valence-corrected chi connectivity index (χ4v) is 3.55. The Balaban J connectivity index is 2.06. The number of thiocarbonyl (C=S) groups is 1. The summed E-state index contributed by atoms with van der Waals surface area (Å²) < 4.78 is 0. The molecule has 0 aliphatic carbocycles. The maximum Gasteiger partial charge on any atom is 0.0902 e. The van der Waals surface area contributed by atoms with E-state index in [1.54, 1.807) is 0 Å². The summed E-state index contributed by atoms with van der Waals surface area (Å²) in [5, 5.41) is 0. The van der Waals surface area contributed by atoms with Crippen LogP contribution in [-0.2, 0) is 0 Å². The number of piperazine rings is 1. The molecule has 3 unspecified atom stereocenters. The first kappa shape index (κ1) is 12.3. The smallest absolute Gasteiger partial charge is 0.0902 e. The standard InChI is InChI=1S/C12H23N3S/c1-3-11(12(13)16)15-8-10-5-4-6-14(10)7-9(15)2/h9-11H,3-8H2,1-2H3,(H2,13,16). The number of hydrogen-bond acceptors (Lipinski definition) is 3. The molecule has 2 heterocycles. The lowest BCUT2D eigenvalue weighted by Gasteiger charge is -2.45. The van der Waals surface area contributed by atoms with Gasteiger partial charge < -0.3 is 5.73 Å². The van der Waals surface area contributed by atoms with Gasteiger partial charge in [0.1, 0.15) is 0 Å². The number of hydrogen-bond donors (Lipinski definition) is 1. The van der Waals surface area contributed by atoms with Gasteiger partial charge in [-0.05, 0) is 32.7 Å². The number of nitrogens with zero attached hydrogens (tertiary/aromatic N) is 2. The molecule has 3 nitrogen and oxygen atoms in total. The molecule has 0 spiro atoms. The topological polar surface area (TPSA) is 32.5 Å². The average molecular weight is 241 g/mol. The van der Waals surface area contributed by atoms with Gasteiger partial charge in [-0.15, -0.1) is 0 Å². The lowest BCUT2D eigenvalue weighted by Crippen LogP contribution is -2.60. The van der Waals surface area contributed by atoms with Crippen molar-refractivity contribution in [1.29, 1.82) is 0 Å². The van der Waals surface area contributed by atoms with Gasteiger partial charge >= 0.3 is 0 Å². The lowest BCUT2D eigenvalue weighted by atomic mass is 10.0. The van der Waals surface area contributed by atoms with Crippen molar-refractivity contribution >= 4 is 17.2 Å². The minimum Gasteiger partial charge on any atom is -0.392 e. The normalized spacial score (nSPS) is 33.6. The van der Waals surface area contributed by atoms with Crippen molar-refractivity contribution in [3.63, 3.8) is 0 Å². The van der Waals surface area contributed by atoms with E-state index in [1.165, 1.54) is 25.9 Å². The molecule has 2 rings (SSSR count). The third kappa shape index (κ3) is 2.24. The highest BCUT2D eigenvalue weighted by atomic mass is 32.1. The fourth-order valence-electron chi connectivity index (χ4n) is 3.24. The van der Waals surface area contributed by atoms with Crippen LogP contribution in [-0.4, -0.2) is 52.5 Å². The predicted octanol–water partition coefficient (Wildman–Crippen LogP) is 1.22. The highest BCUT2D eigenvalue weighted by Gasteiger charge is 2.37. The molecule has 2 saturated heterocycles. The molecule has 3 atom stereocenters. The Kier molecular flexibility index (Phi) is 3.82. The van der Waals surface area contributed by atoms with Gasteiger partial charge in [0.2, 0.25) is 0 Å². The molecule has 2 N–H and O–H groups in total. The first-order chi connectivity index (χ1) is 7.63. The molecule has 92 valence electrons. The van der Waals surface area contributed by atoms with Gasteiger partial charge in [0.25, 0.3) is 0 Å². The number of rotatable bonds is 3. The van der Waals surface area contributed by atoms with Crippen molar-refractivity contribution in [2.75, 3.05) is 19.6 Å². The second-order valence-electron chi connectivity index (χ2n) is 5.16. The van der Waals surface area contributed by atoms with Crippen LogP contribution in [0.1, 0.15) is 33.1 Å². The molecule has 0 aromatic rings. The van der Waals surface area contributed by atoms with Gasteiger partial charge in [-0.2, -0.15) is 0 Å². The second-order valence-corrected chi connectivity index (χ2v) is 5.63. The van der Waals surface area contributed by atoms with Crippen LogP contribution >= 0.6 is 12.2 Å². The predicted molar refractivity (Wildman–Crippen MR) is 71.6 cm³/mol. The number of nitrogens with two attached hydrogens (primary N) is 1. The highest BCUT2D eigenvalue weighted by Crippen LogP contribution is 2.26. The Labute approximate surface area is 104 Å². The minimum atomic E-state index is 0.299. The van der Waals surface area contributed by atoms with Crippen molar-refractivity contribution < 1.29 is 0 Å². The Morgan fingerprint density at radius 3 is 2.88 bits per heavy atom. The van der Waals surface area contributed by atoms with Crippen molar-refractivity contribution in [1.82, 2.24) is 9.80 Å². The molecule has 2 fully saturated rings. The van der Waals surface area contributed by atoms with Crippen LogP contribution in [0.4, 0.5) is 0 Å². The molecule has 4 heteroatoms. The third-order valence-corrected chi connectivity index (χ3v) is 4.37. The van der Waals surface area contributed by atoms with Crippen LogP contribution in [0.5, 0.6) is 0 Å². The first-order valence-corrected chi connectivity index (χ1v) is 6.83. The van der Waals surface area contributed by atoms with E-state index in [2.05, 4.69) is 23.6 Å². The van der Waals surface area contributed by atoms with Crippen molar-refractivity contribution in [2.45, 2.75) is 51.2 Å². The average Bonchev–Trinajstić information content (AvgIpc) is 2.65. The van der Waals surface area contributed by atoms with E-state index in [0.717, 1.165) is 19.0 Å². The Morgan fingerprint density at radius 1 is 1.50 bits per heavy atom. The van der Waals surface area contributed by atoms with E-state index in [1.807, 2.05) is 0 Å². The summed E-state index contributed by atoms with van der Waals surface area (Å²) in [6, 6.07) is 1.63. The van der Waals surface area contributed by atoms with E-state index in [4.69, 9.17) is 18.0 Å². The van der Waals surface area contributed by atoms with E-state index in [0.29, 0.717) is 17.1 Å². The van der Waals surface area contributed by atoms with Gasteiger partial charge in [-0.25, -0.2) is 0 Å². The van der Waals surface area contributed by atoms with Gasteiger partial charge in [0.05, 0.1) is 11.0 Å². The van der Waals surface area contributed by atoms with Crippen LogP contribution in [0.2, 0.25) is 0 Å². The van der Waals surface area contributed by atoms with Crippen molar-refractivity contribution in [2.24, 2.45) is 5.73 Å². The Hall–Kier alpha value is -0.190. The monoisotopic (exact) mass is 241 g/mol. The summed E-state index contributed by atoms with van der Waals surface area (Å²) in [4.78, 5) is 5.82. The van der Waals surface area contributed by atoms with E-state index in [-0.39, 0.29) is 0 Å². The zero-order valence-electron chi connectivity index (χ0n) is 10.4. The molecule has 0 radical (unpaired) electrons. The summed E-state index contributed by atoms with van der Waals surface area (Å²) in [6.07, 6.45) is 3.73. The minimum absolute atomic E-state index is 0.299. The van der Waals surface area contributed by atoms with E-state index in [9.17, 15) is 0 Å². The van der Waals surface area contributed by atoms with E-state index < -0.39 is 0 Å². The first-order valence-electron chi connectivity index (χ1n) is 6.42. The summed E-state index contributed by atoms with van der Waals surface area (Å²) in [5.41, 5.74) is 5.85. The molecule has 0 aromatic carbocycles. The van der Waals surface area contributed by atoms with E-state index >= 15 is 0 Å². The highest BCUT2D eigenvalue weighted by molar-refractivity contribution is 7.80. The maximum absolute atomic E-state index is 5.85. The summed E-state index contributed by atoms with van der Waals surface area (Å²) >= 11 is 5.19. The molecule has 2 aliphatic rings. The van der Waals surface area contributed by atoms with Crippen LogP contribution < -0.4 is 5.73 Å². The van der Waals surface area contributed by atoms with Gasteiger partial charge in [0.15, 0.2) is 0 Å². The quantitative estimate of drug-likeness (QED) is 0.753. The summed E-state index contributed by atoms with van der Waals surface area (Å²) in [6.45, 7) is 8.10. The maximum atomic E-state index is 5.85. The van der Waals surface area contributed by atoms with Crippen molar-refractivity contribution in [3.05, 3.63) is 0 Å². The molecular formula is C12H23N3S. The van der Waals surface area contributed by atoms with Gasteiger partial charge in [0, 0.05) is 25.2 Å². The fraction of sp³-hybridized carbons (Fsp3) is 0.917. The molecule has 16 heavy (non-hydrogen) atoms. The van der Waals surface area contributed by atoms with Crippen molar-refractivity contribution in [3.8, 4) is 0 Å². The second kappa shape index (κ2) is 4.98. The number of fused-ring (bicyclic) bond motifs is 1. The zero-order valence-corrected chi connectivity index (χ0v) is 11.2. The summed E-state index contributed by atoms with van der Waals surface area (Å²) in [7, 11) is 0. The van der Waals surface area contributed by atoms with Gasteiger partial charge in [-0.3, -0.25) is 9.80 Å². The molecule has 2 aliphatic heterocycles. The Bertz CT molecular complexity index is 269. The van der Waals surface area contributed by atoms with Crippen LogP contribution in [0, 0.1) is 0 Å². The van der Waals surface area contributed by atoms with Crippen LogP contribution in [0.25, 0.3) is 0 Å². The van der Waals surface area contributed by atoms with Crippen LogP contribution in [0.3, 0.4) is 0 Å². The molecule has 0 saturated carbocycles. The SMILES string of the molecule is CCC(C(N)=S)N1CC2CCCN2CC1C. The largest absolute Gasteiger partial charge is 0.392 e. The molecule has 0 aromatic heterocycles. The summed E-state index contributed by atoms with van der Waals surface area (Å²) in [5.74, 6) is 0. The molecule has 0 bridgehead atoms.